The Morgan fingerprint density at radius 1 is 0.319 bits per heavy atom. The number of halogens is 1. The monoisotopic (exact) mass is 1430 g/mol. The Morgan fingerprint density at radius 3 is 0.745 bits per heavy atom. The molecule has 0 aliphatic carbocycles. The normalized spacial score (nSPS) is 8.02. The lowest BCUT2D eigenvalue weighted by molar-refractivity contribution is 0.0821. The maximum atomic E-state index is 12.5. The van der Waals surface area contributed by atoms with Crippen LogP contribution in [0.25, 0.3) is 33.4 Å². The van der Waals surface area contributed by atoms with Crippen molar-refractivity contribution in [1.29, 1.82) is 0 Å². The lowest BCUT2D eigenvalue weighted by Gasteiger charge is -2.20. The number of hydrogen-bond donors (Lipinski definition) is 1. The van der Waals surface area contributed by atoms with Crippen molar-refractivity contribution >= 4 is 47.8 Å². The molecule has 0 saturated carbocycles. The minimum atomic E-state index is -0.401. The van der Waals surface area contributed by atoms with Gasteiger partial charge in [0.2, 0.25) is 0 Å². The third kappa shape index (κ3) is 48.4. The van der Waals surface area contributed by atoms with Gasteiger partial charge in [-0.3, -0.25) is 14.4 Å². The Morgan fingerprint density at radius 2 is 0.521 bits per heavy atom. The molecule has 0 atom stereocenters. The summed E-state index contributed by atoms with van der Waals surface area (Å²) < 4.78 is 4.75. The van der Waals surface area contributed by atoms with E-state index in [1.165, 1.54) is 23.1 Å². The van der Waals surface area contributed by atoms with Gasteiger partial charge in [0, 0.05) is 85.7 Å². The van der Waals surface area contributed by atoms with Gasteiger partial charge in [-0.2, -0.15) is 0 Å². The molecule has 6 aromatic carbocycles. The van der Waals surface area contributed by atoms with Gasteiger partial charge in [-0.15, -0.1) is 24.0 Å². The maximum Gasteiger partial charge on any atom is 0.409 e. The van der Waals surface area contributed by atoms with Crippen LogP contribution < -0.4 is 5.32 Å². The van der Waals surface area contributed by atoms with Crippen molar-refractivity contribution in [2.24, 2.45) is 0 Å². The van der Waals surface area contributed by atoms with Gasteiger partial charge >= 0.3 is 6.09 Å². The summed E-state index contributed by atoms with van der Waals surface area (Å²) in [6, 6.07) is 47.3. The molecule has 0 unspecified atom stereocenters. The third-order valence-corrected chi connectivity index (χ3v) is 10.4. The van der Waals surface area contributed by atoms with Crippen molar-refractivity contribution in [3.8, 4) is 33.4 Å². The highest BCUT2D eigenvalue weighted by Gasteiger charge is 2.20. The van der Waals surface area contributed by atoms with E-state index in [0.717, 1.165) is 63.2 Å². The smallest absolute Gasteiger partial charge is 0.409 e. The molecule has 0 radical (unpaired) electrons. The van der Waals surface area contributed by atoms with Crippen molar-refractivity contribution in [2.75, 3.05) is 77.6 Å². The molecular weight excluding hydrogens is 1280 g/mol. The van der Waals surface area contributed by atoms with E-state index >= 15 is 0 Å². The van der Waals surface area contributed by atoms with E-state index in [4.69, 9.17) is 4.74 Å². The van der Waals surface area contributed by atoms with Gasteiger partial charge in [0.05, 0.1) is 7.11 Å². The molecule has 0 saturated heterocycles. The van der Waals surface area contributed by atoms with Crippen molar-refractivity contribution in [2.45, 2.75) is 215 Å². The van der Waals surface area contributed by atoms with E-state index < -0.39 is 6.09 Å². The molecule has 6 aromatic rings. The molecule has 0 aliphatic heterocycles. The number of rotatable bonds is 12. The van der Waals surface area contributed by atoms with Crippen LogP contribution in [0.3, 0.4) is 0 Å². The van der Waals surface area contributed by atoms with Crippen LogP contribution in [0, 0.1) is 0 Å². The molecular formula is C82H151IN6O5. The van der Waals surface area contributed by atoms with Crippen molar-refractivity contribution in [3.05, 3.63) is 179 Å². The molecule has 0 heterocycles. The lowest BCUT2D eigenvalue weighted by Crippen LogP contribution is -2.26. The summed E-state index contributed by atoms with van der Waals surface area (Å²) in [5.74, 6) is 0.00634. The second kappa shape index (κ2) is 86.7. The minimum Gasteiger partial charge on any atom is -0.453 e. The Bertz CT molecular complexity index is 2550. The van der Waals surface area contributed by atoms with Gasteiger partial charge in [-0.05, 0) is 89.4 Å². The maximum absolute atomic E-state index is 12.5. The van der Waals surface area contributed by atoms with Crippen LogP contribution in [0.15, 0.2) is 146 Å². The fourth-order valence-electron chi connectivity index (χ4n) is 7.22. The highest BCUT2D eigenvalue weighted by atomic mass is 127. The number of hydrogen-bond acceptors (Lipinski definition) is 7. The molecule has 6 rings (SSSR count). The van der Waals surface area contributed by atoms with Gasteiger partial charge in [0.1, 0.15) is 0 Å². The molecule has 94 heavy (non-hydrogen) atoms. The van der Waals surface area contributed by atoms with Crippen molar-refractivity contribution in [3.63, 3.8) is 0 Å². The zero-order valence-electron chi connectivity index (χ0n) is 66.2. The van der Waals surface area contributed by atoms with Gasteiger partial charge in [0.25, 0.3) is 17.7 Å². The van der Waals surface area contributed by atoms with E-state index in [0.29, 0.717) is 12.1 Å². The molecule has 0 aromatic heterocycles. The van der Waals surface area contributed by atoms with Crippen LogP contribution in [-0.2, 0) is 24.4 Å². The van der Waals surface area contributed by atoms with E-state index in [1.807, 2.05) is 322 Å². The predicted molar refractivity (Wildman–Crippen MR) is 440 cm³/mol. The average Bonchev–Trinajstić information content (AvgIpc) is 0.831. The fourth-order valence-corrected chi connectivity index (χ4v) is 7.22. The molecule has 4 amide bonds. The summed E-state index contributed by atoms with van der Waals surface area (Å²) in [7, 11) is 19.6. The lowest BCUT2D eigenvalue weighted by atomic mass is 9.94. The molecule has 0 spiro atoms. The minimum absolute atomic E-state index is 0. The highest BCUT2D eigenvalue weighted by Crippen LogP contribution is 2.31. The van der Waals surface area contributed by atoms with Crippen LogP contribution in [0.1, 0.15) is 243 Å². The Balaban J connectivity index is -0.0000000798. The summed E-state index contributed by atoms with van der Waals surface area (Å²) in [5, 5.41) is 3.17. The summed E-state index contributed by atoms with van der Waals surface area (Å²) in [6.07, 6.45) is -0.401. The average molecular weight is 1430 g/mol. The first-order valence-corrected chi connectivity index (χ1v) is 34.4. The van der Waals surface area contributed by atoms with Crippen LogP contribution in [-0.4, -0.2) is 126 Å². The number of nitrogens with one attached hydrogen (secondary N) is 1. The van der Waals surface area contributed by atoms with Crippen molar-refractivity contribution < 1.29 is 23.9 Å². The number of carbonyl (C=O) groups is 4. The van der Waals surface area contributed by atoms with E-state index in [2.05, 4.69) is 34.5 Å². The van der Waals surface area contributed by atoms with Crippen LogP contribution >= 0.6 is 24.0 Å². The number of benzene rings is 6. The van der Waals surface area contributed by atoms with Crippen molar-refractivity contribution in [1.82, 2.24) is 29.8 Å². The molecule has 0 fully saturated rings. The first-order valence-electron chi connectivity index (χ1n) is 34.4. The molecule has 1 N–H and O–H groups in total. The number of methoxy groups -OCH3 is 1. The van der Waals surface area contributed by atoms with Gasteiger partial charge in [-0.25, -0.2) is 4.79 Å². The molecule has 11 nitrogen and oxygen atoms in total. The molecule has 0 aliphatic rings. The second-order valence-electron chi connectivity index (χ2n) is 16.3. The summed E-state index contributed by atoms with van der Waals surface area (Å²) in [6.45, 7) is 54.0. The van der Waals surface area contributed by atoms with Gasteiger partial charge < -0.3 is 34.6 Å². The summed E-state index contributed by atoms with van der Waals surface area (Å²) in [4.78, 5) is 57.3. The van der Waals surface area contributed by atoms with E-state index in [-0.39, 0.29) is 56.6 Å². The second-order valence-corrected chi connectivity index (χ2v) is 16.3. The number of carbonyl (C=O) groups excluding carboxylic acids is 4. The largest absolute Gasteiger partial charge is 0.453 e. The SMILES string of the molecule is C.C.CC.CC.CC.CC.CC.CC.CC.CC.CC.CC.CC.CC.CC.CN(C)Cc1ccccc1-c1ccccc1C(=O)N(C)C.CNCc1ccccc1-c1ccccc1C(=O)N(C)C.COC(=O)N(C)Cc1ccccc1-c1ccccc1C(=O)N(C)C.I. The number of ether oxygens (including phenoxy) is 1. The third-order valence-electron chi connectivity index (χ3n) is 10.4. The predicted octanol–water partition coefficient (Wildman–Crippen LogP) is 24.4. The van der Waals surface area contributed by atoms with E-state index in [9.17, 15) is 19.2 Å². The first kappa shape index (κ1) is 118. The Kier molecular flexibility index (Phi) is 109. The standard InChI is InChI=1S/C19H22N2O3.C18H22N2O.C17H20N2O.13C2H6.2CH4.HI/c1-20(2)18(22)17-12-8-7-11-16(17)15-10-6-5-9-14(15)13-21(3)19(23)24-4;1-19(2)13-14-9-5-6-10-15(14)16-11-7-8-12-17(16)18(21)20(3)4;1-18-12-13-8-4-5-9-14(13)15-10-6-7-11-16(15)17(20)19(2)3;13*1-2;;;/h5-12H,13H2,1-4H3;5-12H,13H2,1-4H3;4-11,18H,12H2,1-3H3;13*1-2H3;2*1H4;1H. The van der Waals surface area contributed by atoms with Crippen LogP contribution in [0.5, 0.6) is 0 Å². The first-order chi connectivity index (χ1) is 44.1. The molecule has 12 heteroatoms. The zero-order valence-corrected chi connectivity index (χ0v) is 68.5. The zero-order chi connectivity index (χ0) is 73.6. The van der Waals surface area contributed by atoms with Crippen LogP contribution in [0.4, 0.5) is 4.79 Å². The fraction of sp³-hybridized carbons (Fsp3) is 0.512. The summed E-state index contributed by atoms with van der Waals surface area (Å²) >= 11 is 0. The van der Waals surface area contributed by atoms with Gasteiger partial charge in [-0.1, -0.05) is 322 Å². The molecule has 0 bridgehead atoms. The Hall–Kier alpha value is -6.35. The Labute approximate surface area is 602 Å². The van der Waals surface area contributed by atoms with Crippen LogP contribution in [0.2, 0.25) is 0 Å². The number of nitrogens with zero attached hydrogens (tertiary/aromatic N) is 5. The molecule has 546 valence electrons. The summed E-state index contributed by atoms with van der Waals surface area (Å²) in [5.41, 5.74) is 11.5. The van der Waals surface area contributed by atoms with E-state index in [1.54, 1.807) is 64.0 Å². The number of amides is 4. The highest BCUT2D eigenvalue weighted by molar-refractivity contribution is 14.0. The van der Waals surface area contributed by atoms with Gasteiger partial charge in [0.15, 0.2) is 0 Å². The quantitative estimate of drug-likeness (QED) is 0.122. The topological polar surface area (TPSA) is 106 Å².